The number of rotatable bonds is 8. The topological polar surface area (TPSA) is 143 Å². The SMILES string of the molecule is Cc1ccccc1C(=O)Nc1nnc(S(=O)(=O)Nc2ccccc2C(=O)NCc2cccnc2)s1. The Hall–Kier alpha value is -4.16. The van der Waals surface area contributed by atoms with Crippen LogP contribution in [-0.2, 0) is 16.6 Å². The summed E-state index contributed by atoms with van der Waals surface area (Å²) in [5.41, 5.74) is 2.22. The van der Waals surface area contributed by atoms with E-state index in [0.717, 1.165) is 11.1 Å². The van der Waals surface area contributed by atoms with Gasteiger partial charge in [0, 0.05) is 24.5 Å². The summed E-state index contributed by atoms with van der Waals surface area (Å²) in [4.78, 5) is 29.2. The average Bonchev–Trinajstić information content (AvgIpc) is 3.33. The summed E-state index contributed by atoms with van der Waals surface area (Å²) in [6, 6.07) is 16.8. The number of carbonyl (C=O) groups is 2. The molecule has 0 saturated heterocycles. The minimum absolute atomic E-state index is 0.0288. The molecule has 178 valence electrons. The molecule has 2 amide bonds. The fourth-order valence-electron chi connectivity index (χ4n) is 3.10. The third-order valence-electron chi connectivity index (χ3n) is 4.84. The van der Waals surface area contributed by atoms with E-state index in [0.29, 0.717) is 16.9 Å². The number of aromatic nitrogens is 3. The fraction of sp³-hybridized carbons (Fsp3) is 0.0870. The van der Waals surface area contributed by atoms with Crippen LogP contribution in [0.1, 0.15) is 31.8 Å². The van der Waals surface area contributed by atoms with Gasteiger partial charge in [-0.05, 0) is 42.3 Å². The summed E-state index contributed by atoms with van der Waals surface area (Å²) in [5, 5.41) is 12.8. The highest BCUT2D eigenvalue weighted by molar-refractivity contribution is 7.94. The van der Waals surface area contributed by atoms with Crippen LogP contribution in [0.2, 0.25) is 0 Å². The summed E-state index contributed by atoms with van der Waals surface area (Å²) in [7, 11) is -4.17. The van der Waals surface area contributed by atoms with Gasteiger partial charge in [-0.3, -0.25) is 24.6 Å². The van der Waals surface area contributed by atoms with Crippen molar-refractivity contribution in [3.05, 3.63) is 95.3 Å². The number of amides is 2. The van der Waals surface area contributed by atoms with E-state index in [1.54, 1.807) is 55.7 Å². The zero-order valence-electron chi connectivity index (χ0n) is 18.4. The van der Waals surface area contributed by atoms with Crippen molar-refractivity contribution < 1.29 is 18.0 Å². The molecule has 0 saturated carbocycles. The molecule has 0 atom stereocenters. The number of benzene rings is 2. The Morgan fingerprint density at radius 2 is 1.66 bits per heavy atom. The van der Waals surface area contributed by atoms with E-state index in [1.807, 2.05) is 12.1 Å². The number of aryl methyl sites for hydroxylation is 1. The molecule has 0 radical (unpaired) electrons. The highest BCUT2D eigenvalue weighted by Crippen LogP contribution is 2.25. The maximum atomic E-state index is 12.9. The number of hydrogen-bond acceptors (Lipinski definition) is 8. The number of nitrogens with one attached hydrogen (secondary N) is 3. The van der Waals surface area contributed by atoms with E-state index < -0.39 is 21.8 Å². The Kier molecular flexibility index (Phi) is 7.13. The summed E-state index contributed by atoms with van der Waals surface area (Å²) >= 11 is 0.698. The molecule has 35 heavy (non-hydrogen) atoms. The molecule has 0 spiro atoms. The predicted octanol–water partition coefficient (Wildman–Crippen LogP) is 3.22. The van der Waals surface area contributed by atoms with Crippen LogP contribution in [0.25, 0.3) is 0 Å². The van der Waals surface area contributed by atoms with E-state index >= 15 is 0 Å². The van der Waals surface area contributed by atoms with Crippen LogP contribution >= 0.6 is 11.3 Å². The molecule has 0 aliphatic heterocycles. The van der Waals surface area contributed by atoms with E-state index in [4.69, 9.17) is 0 Å². The summed E-state index contributed by atoms with van der Waals surface area (Å²) in [5.74, 6) is -0.887. The van der Waals surface area contributed by atoms with Gasteiger partial charge in [-0.15, -0.1) is 10.2 Å². The molecule has 4 rings (SSSR count). The lowest BCUT2D eigenvalue weighted by Gasteiger charge is -2.11. The Balaban J connectivity index is 1.47. The van der Waals surface area contributed by atoms with Crippen LogP contribution in [0.5, 0.6) is 0 Å². The number of sulfonamides is 1. The van der Waals surface area contributed by atoms with Crippen LogP contribution in [0, 0.1) is 6.92 Å². The first-order chi connectivity index (χ1) is 16.8. The van der Waals surface area contributed by atoms with Crippen molar-refractivity contribution in [3.8, 4) is 0 Å². The number of pyridine rings is 1. The maximum absolute atomic E-state index is 12.9. The van der Waals surface area contributed by atoms with E-state index in [2.05, 4.69) is 30.5 Å². The van der Waals surface area contributed by atoms with Crippen LogP contribution in [0.4, 0.5) is 10.8 Å². The van der Waals surface area contributed by atoms with Gasteiger partial charge in [0.2, 0.25) is 5.13 Å². The Labute approximate surface area is 205 Å². The van der Waals surface area contributed by atoms with Gasteiger partial charge in [0.1, 0.15) is 0 Å². The van der Waals surface area contributed by atoms with Gasteiger partial charge < -0.3 is 5.32 Å². The second-order valence-electron chi connectivity index (χ2n) is 7.34. The number of carbonyl (C=O) groups excluding carboxylic acids is 2. The largest absolute Gasteiger partial charge is 0.348 e. The van der Waals surface area contributed by atoms with Crippen molar-refractivity contribution >= 4 is 44.0 Å². The minimum Gasteiger partial charge on any atom is -0.348 e. The normalized spacial score (nSPS) is 11.0. The predicted molar refractivity (Wildman–Crippen MR) is 132 cm³/mol. The van der Waals surface area contributed by atoms with E-state index in [1.165, 1.54) is 12.1 Å². The first-order valence-electron chi connectivity index (χ1n) is 10.3. The summed E-state index contributed by atoms with van der Waals surface area (Å²) in [6.45, 7) is 2.02. The second kappa shape index (κ2) is 10.4. The molecule has 10 nitrogen and oxygen atoms in total. The third-order valence-corrected chi connectivity index (χ3v) is 7.41. The monoisotopic (exact) mass is 508 g/mol. The Morgan fingerprint density at radius 1 is 0.914 bits per heavy atom. The second-order valence-corrected chi connectivity index (χ2v) is 10.2. The van der Waals surface area contributed by atoms with Gasteiger partial charge in [-0.2, -0.15) is 8.42 Å². The molecule has 2 aromatic heterocycles. The maximum Gasteiger partial charge on any atom is 0.291 e. The van der Waals surface area contributed by atoms with Gasteiger partial charge in [0.15, 0.2) is 0 Å². The molecule has 0 unspecified atom stereocenters. The van der Waals surface area contributed by atoms with E-state index in [-0.39, 0.29) is 27.3 Å². The molecule has 0 aliphatic rings. The zero-order valence-corrected chi connectivity index (χ0v) is 20.1. The molecular formula is C23H20N6O4S2. The van der Waals surface area contributed by atoms with Gasteiger partial charge in [-0.25, -0.2) is 0 Å². The first kappa shape index (κ1) is 24.0. The molecule has 3 N–H and O–H groups in total. The molecule has 0 aliphatic carbocycles. The molecule has 12 heteroatoms. The smallest absolute Gasteiger partial charge is 0.291 e. The lowest BCUT2D eigenvalue weighted by atomic mass is 10.1. The van der Waals surface area contributed by atoms with Crippen molar-refractivity contribution in [1.29, 1.82) is 0 Å². The summed E-state index contributed by atoms with van der Waals surface area (Å²) < 4.78 is 27.9. The highest BCUT2D eigenvalue weighted by atomic mass is 32.2. The first-order valence-corrected chi connectivity index (χ1v) is 12.6. The molecule has 0 fully saturated rings. The van der Waals surface area contributed by atoms with Crippen LogP contribution < -0.4 is 15.4 Å². The van der Waals surface area contributed by atoms with E-state index in [9.17, 15) is 18.0 Å². The zero-order chi connectivity index (χ0) is 24.8. The van der Waals surface area contributed by atoms with Gasteiger partial charge >= 0.3 is 0 Å². The molecule has 2 aromatic carbocycles. The average molecular weight is 509 g/mol. The van der Waals surface area contributed by atoms with Gasteiger partial charge in [-0.1, -0.05) is 47.7 Å². The molecule has 0 bridgehead atoms. The van der Waals surface area contributed by atoms with Crippen LogP contribution in [0.3, 0.4) is 0 Å². The van der Waals surface area contributed by atoms with Crippen molar-refractivity contribution in [2.75, 3.05) is 10.0 Å². The Morgan fingerprint density at radius 3 is 2.40 bits per heavy atom. The Bertz CT molecular complexity index is 1470. The van der Waals surface area contributed by atoms with Crippen LogP contribution in [0.15, 0.2) is 77.4 Å². The van der Waals surface area contributed by atoms with Crippen LogP contribution in [-0.4, -0.2) is 35.4 Å². The number of anilines is 2. The number of nitrogens with zero attached hydrogens (tertiary/aromatic N) is 3. The molecule has 2 heterocycles. The lowest BCUT2D eigenvalue weighted by Crippen LogP contribution is -2.25. The number of para-hydroxylation sites is 1. The fourth-order valence-corrected chi connectivity index (χ4v) is 5.08. The van der Waals surface area contributed by atoms with Gasteiger partial charge in [0.25, 0.3) is 26.2 Å². The molecule has 4 aromatic rings. The standard InChI is InChI=1S/C23H20N6O4S2/c1-15-7-2-3-9-17(15)21(31)26-22-27-28-23(34-22)35(32,33)29-19-11-5-4-10-18(19)20(30)25-14-16-8-6-12-24-13-16/h2-13,29H,14H2,1H3,(H,25,30)(H,26,27,31). The minimum atomic E-state index is -4.17. The third kappa shape index (κ3) is 5.86. The van der Waals surface area contributed by atoms with Crippen molar-refractivity contribution in [2.45, 2.75) is 17.8 Å². The summed E-state index contributed by atoms with van der Waals surface area (Å²) in [6.07, 6.45) is 3.25. The highest BCUT2D eigenvalue weighted by Gasteiger charge is 2.24. The molecular weight excluding hydrogens is 488 g/mol. The lowest BCUT2D eigenvalue weighted by molar-refractivity contribution is 0.0951. The van der Waals surface area contributed by atoms with Crippen molar-refractivity contribution in [3.63, 3.8) is 0 Å². The number of hydrogen-bond donors (Lipinski definition) is 3. The van der Waals surface area contributed by atoms with Crippen molar-refractivity contribution in [1.82, 2.24) is 20.5 Å². The van der Waals surface area contributed by atoms with Gasteiger partial charge in [0.05, 0.1) is 11.3 Å². The van der Waals surface area contributed by atoms with Crippen molar-refractivity contribution in [2.24, 2.45) is 0 Å². The quantitative estimate of drug-likeness (QED) is 0.310.